The molecule has 0 N–H and O–H groups in total. The van der Waals surface area contributed by atoms with Crippen molar-refractivity contribution in [2.75, 3.05) is 0 Å². The fraction of sp³-hybridized carbons (Fsp3) is 0.500. The molecule has 0 aromatic heterocycles. The van der Waals surface area contributed by atoms with E-state index in [1.165, 1.54) is 12.8 Å². The fourth-order valence-corrected chi connectivity index (χ4v) is 0.250. The standard InChI is InChI=1S/C5H11.C2H3O.CH3.U.Y/c1-3-5-4-2;1-2-3;;;/h1,3-5H2,2H3;2H,1H2;1H3;;/q3*-1;+2;. The van der Waals surface area contributed by atoms with Crippen LogP contribution >= 0.6 is 0 Å². The van der Waals surface area contributed by atoms with Gasteiger partial charge >= 0.3 is 31.1 Å². The number of hydrogen-bond acceptors (Lipinski definition) is 1. The molecule has 0 bridgehead atoms. The minimum absolute atomic E-state index is 0. The first-order chi connectivity index (χ1) is 3.83. The summed E-state index contributed by atoms with van der Waals surface area (Å²) in [6, 6.07) is 0. The minimum Gasteiger partial charge on any atom is -0.358 e. The van der Waals surface area contributed by atoms with Crippen LogP contribution in [0.15, 0.2) is 0 Å². The third-order valence-electron chi connectivity index (χ3n) is 0.604. The van der Waals surface area contributed by atoms with Gasteiger partial charge in [0.1, 0.15) is 0 Å². The second-order valence-corrected chi connectivity index (χ2v) is 1.37. The smallest absolute Gasteiger partial charge is 0.358 e. The van der Waals surface area contributed by atoms with Crippen LogP contribution < -0.4 is 0 Å². The van der Waals surface area contributed by atoms with Gasteiger partial charge in [-0.3, -0.25) is 0 Å². The molecule has 3 heteroatoms. The molecule has 0 aliphatic carbocycles. The van der Waals surface area contributed by atoms with Crippen molar-refractivity contribution < 1.29 is 68.6 Å². The Labute approximate surface area is 121 Å². The van der Waals surface area contributed by atoms with Crippen molar-refractivity contribution in [1.29, 1.82) is 0 Å². The number of aldehydes is 1. The second kappa shape index (κ2) is 41.2. The Balaban J connectivity index is -0.0000000183. The summed E-state index contributed by atoms with van der Waals surface area (Å²) < 4.78 is 0. The molecular formula is C8H17OUY-. The Hall–Kier alpha value is 1.70. The SMILES string of the molecule is [CH2-]C=O.[CH2-]CCCC.[CH3-].[U+2].[Y]. The second-order valence-electron chi connectivity index (χ2n) is 1.37. The molecular weight excluding hydrogens is 439 g/mol. The number of carbonyl (C=O) groups excluding carboxylic acids is 1. The zero-order chi connectivity index (χ0) is 6.83. The van der Waals surface area contributed by atoms with Crippen LogP contribution in [0.4, 0.5) is 0 Å². The van der Waals surface area contributed by atoms with Crippen LogP contribution in [0, 0.1) is 52.4 Å². The van der Waals surface area contributed by atoms with E-state index in [1.807, 2.05) is 0 Å². The Morgan fingerprint density at radius 1 is 1.45 bits per heavy atom. The first-order valence-corrected chi connectivity index (χ1v) is 2.85. The summed E-state index contributed by atoms with van der Waals surface area (Å²) in [4.78, 5) is 8.69. The molecule has 0 aromatic rings. The van der Waals surface area contributed by atoms with E-state index < -0.39 is 0 Å². The van der Waals surface area contributed by atoms with Crippen molar-refractivity contribution in [2.45, 2.75) is 26.2 Å². The van der Waals surface area contributed by atoms with Crippen LogP contribution in [0.2, 0.25) is 0 Å². The van der Waals surface area contributed by atoms with Gasteiger partial charge in [0.2, 0.25) is 0 Å². The van der Waals surface area contributed by atoms with Gasteiger partial charge < -0.3 is 26.1 Å². The van der Waals surface area contributed by atoms with Gasteiger partial charge in [-0.05, 0) is 6.29 Å². The molecule has 0 amide bonds. The number of rotatable bonds is 2. The Bertz CT molecular complexity index is 41.1. The van der Waals surface area contributed by atoms with Gasteiger partial charge in [0.05, 0.1) is 0 Å². The van der Waals surface area contributed by atoms with Crippen LogP contribution in [0.25, 0.3) is 0 Å². The molecule has 0 atom stereocenters. The predicted octanol–water partition coefficient (Wildman–Crippen LogP) is 2.48. The molecule has 0 unspecified atom stereocenters. The summed E-state index contributed by atoms with van der Waals surface area (Å²) in [5.41, 5.74) is 0. The van der Waals surface area contributed by atoms with Crippen LogP contribution in [0.3, 0.4) is 0 Å². The van der Waals surface area contributed by atoms with E-state index in [0.717, 1.165) is 6.42 Å². The van der Waals surface area contributed by atoms with Crippen LogP contribution in [0.5, 0.6) is 0 Å². The maximum absolute atomic E-state index is 8.69. The third-order valence-corrected chi connectivity index (χ3v) is 0.604. The largest absolute Gasteiger partial charge is 2.00 e. The van der Waals surface area contributed by atoms with Crippen LogP contribution in [0.1, 0.15) is 26.2 Å². The molecule has 0 spiro atoms. The van der Waals surface area contributed by atoms with E-state index >= 15 is 0 Å². The minimum atomic E-state index is 0. The topological polar surface area (TPSA) is 17.1 Å². The molecule has 63 valence electrons. The first kappa shape index (κ1) is 29.3. The molecule has 0 saturated heterocycles. The van der Waals surface area contributed by atoms with Crippen molar-refractivity contribution in [2.24, 2.45) is 0 Å². The summed E-state index contributed by atoms with van der Waals surface area (Å²) in [5.74, 6) is 0. The zero-order valence-corrected chi connectivity index (χ0v) is 14.6. The summed E-state index contributed by atoms with van der Waals surface area (Å²) in [6.45, 7) is 8.65. The van der Waals surface area contributed by atoms with E-state index in [1.54, 1.807) is 0 Å². The Morgan fingerprint density at radius 3 is 1.73 bits per heavy atom. The predicted molar refractivity (Wildman–Crippen MR) is 42.7 cm³/mol. The van der Waals surface area contributed by atoms with E-state index in [9.17, 15) is 0 Å². The summed E-state index contributed by atoms with van der Waals surface area (Å²) in [7, 11) is 0. The van der Waals surface area contributed by atoms with E-state index in [0.29, 0.717) is 6.29 Å². The van der Waals surface area contributed by atoms with Crippen molar-refractivity contribution in [3.05, 3.63) is 21.3 Å². The average Bonchev–Trinajstić information content (AvgIpc) is 1.71. The molecule has 0 aliphatic heterocycles. The monoisotopic (exact) mass is 456 g/mol. The van der Waals surface area contributed by atoms with Crippen molar-refractivity contribution in [3.63, 3.8) is 0 Å². The molecule has 0 aromatic carbocycles. The third kappa shape index (κ3) is 80.5. The quantitative estimate of drug-likeness (QED) is 0.461. The Kier molecular flexibility index (Phi) is 110. The molecule has 0 saturated carbocycles. The maximum Gasteiger partial charge on any atom is 2.00 e. The van der Waals surface area contributed by atoms with Crippen molar-refractivity contribution in [1.82, 2.24) is 0 Å². The van der Waals surface area contributed by atoms with E-state index in [4.69, 9.17) is 4.79 Å². The van der Waals surface area contributed by atoms with Crippen LogP contribution in [-0.2, 0) is 37.5 Å². The number of unbranched alkanes of at least 4 members (excludes halogenated alkanes) is 2. The maximum atomic E-state index is 8.69. The molecule has 0 rings (SSSR count). The first-order valence-electron chi connectivity index (χ1n) is 2.85. The van der Waals surface area contributed by atoms with E-state index in [2.05, 4.69) is 20.8 Å². The summed E-state index contributed by atoms with van der Waals surface area (Å²) >= 11 is 0. The van der Waals surface area contributed by atoms with Crippen molar-refractivity contribution >= 4 is 6.29 Å². The molecule has 0 aliphatic rings. The molecule has 1 nitrogen and oxygen atoms in total. The molecule has 0 fully saturated rings. The fourth-order valence-electron chi connectivity index (χ4n) is 0.250. The van der Waals surface area contributed by atoms with Gasteiger partial charge in [-0.2, -0.15) is 6.42 Å². The molecule has 11 heavy (non-hydrogen) atoms. The Morgan fingerprint density at radius 2 is 1.73 bits per heavy atom. The van der Waals surface area contributed by atoms with Gasteiger partial charge in [0.15, 0.2) is 0 Å². The summed E-state index contributed by atoms with van der Waals surface area (Å²) in [6.07, 6.45) is 4.15. The van der Waals surface area contributed by atoms with Crippen LogP contribution in [-0.4, -0.2) is 6.29 Å². The zero-order valence-electron chi connectivity index (χ0n) is 7.60. The van der Waals surface area contributed by atoms with Gasteiger partial charge in [-0.1, -0.05) is 19.8 Å². The van der Waals surface area contributed by atoms with Gasteiger partial charge in [-0.15, -0.1) is 0 Å². The van der Waals surface area contributed by atoms with Gasteiger partial charge in [0.25, 0.3) is 0 Å². The number of hydrogen-bond donors (Lipinski definition) is 0. The van der Waals surface area contributed by atoms with E-state index in [-0.39, 0.29) is 71.2 Å². The molecule has 1 radical (unpaired) electrons. The molecule has 0 heterocycles. The van der Waals surface area contributed by atoms with Crippen molar-refractivity contribution in [3.8, 4) is 0 Å². The summed E-state index contributed by atoms with van der Waals surface area (Å²) in [5, 5.41) is 0. The number of carbonyl (C=O) groups is 1. The van der Waals surface area contributed by atoms with Gasteiger partial charge in [0, 0.05) is 32.7 Å². The average molecular weight is 456 g/mol. The normalized spacial score (nSPS) is 4.91. The van der Waals surface area contributed by atoms with Gasteiger partial charge in [-0.25, -0.2) is 0 Å².